The number of hydrogen-bond acceptors (Lipinski definition) is 4. The molecule has 114 valence electrons. The predicted molar refractivity (Wildman–Crippen MR) is 82.2 cm³/mol. The van der Waals surface area contributed by atoms with E-state index in [4.69, 9.17) is 11.6 Å². The van der Waals surface area contributed by atoms with Gasteiger partial charge in [0.25, 0.3) is 11.2 Å². The van der Waals surface area contributed by atoms with E-state index in [2.05, 4.69) is 5.32 Å². The molecule has 1 amide bonds. The Morgan fingerprint density at radius 2 is 2.09 bits per heavy atom. The molecule has 0 saturated heterocycles. The Morgan fingerprint density at radius 3 is 2.77 bits per heavy atom. The van der Waals surface area contributed by atoms with Crippen LogP contribution in [0.15, 0.2) is 41.3 Å². The van der Waals surface area contributed by atoms with Crippen molar-refractivity contribution in [1.29, 1.82) is 0 Å². The van der Waals surface area contributed by atoms with Gasteiger partial charge in [0, 0.05) is 22.8 Å². The fourth-order valence-corrected chi connectivity index (χ4v) is 2.01. The summed E-state index contributed by atoms with van der Waals surface area (Å²) in [6.45, 7) is 1.42. The van der Waals surface area contributed by atoms with Gasteiger partial charge < -0.3 is 5.32 Å². The van der Waals surface area contributed by atoms with E-state index in [0.29, 0.717) is 16.3 Å². The van der Waals surface area contributed by atoms with E-state index in [0.717, 1.165) is 22.9 Å². The number of amides is 1. The van der Waals surface area contributed by atoms with E-state index in [9.17, 15) is 19.7 Å². The normalized spacial score (nSPS) is 10.3. The summed E-state index contributed by atoms with van der Waals surface area (Å²) in [6, 6.07) is 7.20. The molecule has 2 aromatic rings. The molecule has 7 nitrogen and oxygen atoms in total. The molecule has 0 aliphatic heterocycles. The second-order valence-corrected chi connectivity index (χ2v) is 4.98. The molecule has 1 heterocycles. The van der Waals surface area contributed by atoms with Crippen LogP contribution in [0.5, 0.6) is 0 Å². The summed E-state index contributed by atoms with van der Waals surface area (Å²) in [4.78, 5) is 33.7. The van der Waals surface area contributed by atoms with Crippen LogP contribution in [-0.2, 0) is 11.3 Å². The number of carbonyl (C=O) groups excluding carboxylic acids is 1. The molecule has 2 rings (SSSR count). The molecule has 0 fully saturated rings. The lowest BCUT2D eigenvalue weighted by Crippen LogP contribution is -2.27. The highest BCUT2D eigenvalue weighted by Gasteiger charge is 2.12. The summed E-state index contributed by atoms with van der Waals surface area (Å²) in [7, 11) is 0. The van der Waals surface area contributed by atoms with E-state index in [1.807, 2.05) is 0 Å². The number of benzene rings is 1. The molecular formula is C14H12ClN3O4. The first-order chi connectivity index (χ1) is 10.4. The summed E-state index contributed by atoms with van der Waals surface area (Å²) in [5.41, 5.74) is 0.467. The number of pyridine rings is 1. The molecule has 0 radical (unpaired) electrons. The van der Waals surface area contributed by atoms with Gasteiger partial charge in [0.05, 0.1) is 11.1 Å². The van der Waals surface area contributed by atoms with Gasteiger partial charge in [0.2, 0.25) is 5.91 Å². The first kappa shape index (κ1) is 15.7. The first-order valence-corrected chi connectivity index (χ1v) is 6.66. The molecular weight excluding hydrogens is 310 g/mol. The molecule has 0 aliphatic rings. The van der Waals surface area contributed by atoms with Gasteiger partial charge in [-0.3, -0.25) is 24.3 Å². The molecule has 0 spiro atoms. The number of hydrogen-bond donors (Lipinski definition) is 1. The van der Waals surface area contributed by atoms with Crippen LogP contribution in [0.25, 0.3) is 0 Å². The van der Waals surface area contributed by atoms with Crippen LogP contribution in [0.4, 0.5) is 11.4 Å². The minimum absolute atomic E-state index is 0.258. The molecule has 0 atom stereocenters. The Kier molecular flexibility index (Phi) is 4.57. The zero-order valence-electron chi connectivity index (χ0n) is 11.6. The van der Waals surface area contributed by atoms with Crippen molar-refractivity contribution in [3.05, 3.63) is 67.6 Å². The second kappa shape index (κ2) is 6.40. The summed E-state index contributed by atoms with van der Waals surface area (Å²) >= 11 is 5.96. The van der Waals surface area contributed by atoms with Gasteiger partial charge in [0.1, 0.15) is 6.54 Å². The Bertz CT molecular complexity index is 801. The SMILES string of the molecule is Cc1c(Cl)cccc1NC(=O)Cn1cc([N+](=O)[O-])ccc1=O. The zero-order chi connectivity index (χ0) is 16.3. The van der Waals surface area contributed by atoms with Crippen molar-refractivity contribution in [3.63, 3.8) is 0 Å². The van der Waals surface area contributed by atoms with Crippen molar-refractivity contribution in [2.45, 2.75) is 13.5 Å². The molecule has 1 aromatic heterocycles. The van der Waals surface area contributed by atoms with Crippen molar-refractivity contribution >= 4 is 28.9 Å². The highest BCUT2D eigenvalue weighted by Crippen LogP contribution is 2.22. The minimum Gasteiger partial charge on any atom is -0.324 e. The molecule has 22 heavy (non-hydrogen) atoms. The summed E-state index contributed by atoms with van der Waals surface area (Å²) < 4.78 is 0.980. The largest absolute Gasteiger partial charge is 0.324 e. The molecule has 1 N–H and O–H groups in total. The topological polar surface area (TPSA) is 94.2 Å². The molecule has 0 saturated carbocycles. The van der Waals surface area contributed by atoms with Crippen molar-refractivity contribution in [2.24, 2.45) is 0 Å². The van der Waals surface area contributed by atoms with E-state index >= 15 is 0 Å². The molecule has 0 aliphatic carbocycles. The van der Waals surface area contributed by atoms with E-state index in [-0.39, 0.29) is 12.2 Å². The minimum atomic E-state index is -0.630. The highest BCUT2D eigenvalue weighted by atomic mass is 35.5. The third-order valence-electron chi connectivity index (χ3n) is 3.03. The third kappa shape index (κ3) is 3.50. The average molecular weight is 322 g/mol. The molecule has 8 heteroatoms. The number of nitrogens with zero attached hydrogens (tertiary/aromatic N) is 2. The number of carbonyl (C=O) groups is 1. The van der Waals surface area contributed by atoms with Crippen LogP contribution < -0.4 is 10.9 Å². The lowest BCUT2D eigenvalue weighted by molar-refractivity contribution is -0.385. The van der Waals surface area contributed by atoms with E-state index in [1.165, 1.54) is 0 Å². The number of anilines is 1. The van der Waals surface area contributed by atoms with Crippen LogP contribution in [0.3, 0.4) is 0 Å². The maximum atomic E-state index is 12.0. The number of rotatable bonds is 4. The number of aromatic nitrogens is 1. The van der Waals surface area contributed by atoms with Crippen molar-refractivity contribution < 1.29 is 9.72 Å². The lowest BCUT2D eigenvalue weighted by Gasteiger charge is -2.10. The highest BCUT2D eigenvalue weighted by molar-refractivity contribution is 6.31. The van der Waals surface area contributed by atoms with Gasteiger partial charge in [-0.25, -0.2) is 0 Å². The Morgan fingerprint density at radius 1 is 1.36 bits per heavy atom. The summed E-state index contributed by atoms with van der Waals surface area (Å²) in [6.07, 6.45) is 1.03. The van der Waals surface area contributed by atoms with E-state index < -0.39 is 16.4 Å². The fraction of sp³-hybridized carbons (Fsp3) is 0.143. The Labute approximate surface area is 130 Å². The van der Waals surface area contributed by atoms with Gasteiger partial charge >= 0.3 is 0 Å². The van der Waals surface area contributed by atoms with E-state index in [1.54, 1.807) is 25.1 Å². The lowest BCUT2D eigenvalue weighted by atomic mass is 10.2. The zero-order valence-corrected chi connectivity index (χ0v) is 12.3. The van der Waals surface area contributed by atoms with Gasteiger partial charge in [-0.2, -0.15) is 0 Å². The average Bonchev–Trinajstić information content (AvgIpc) is 2.46. The number of nitrogens with one attached hydrogen (secondary N) is 1. The molecule has 1 aromatic carbocycles. The smallest absolute Gasteiger partial charge is 0.285 e. The van der Waals surface area contributed by atoms with Crippen LogP contribution >= 0.6 is 11.6 Å². The fourth-order valence-electron chi connectivity index (χ4n) is 1.84. The number of nitro groups is 1. The second-order valence-electron chi connectivity index (χ2n) is 4.57. The maximum Gasteiger partial charge on any atom is 0.285 e. The predicted octanol–water partition coefficient (Wildman–Crippen LogP) is 2.36. The summed E-state index contributed by atoms with van der Waals surface area (Å²) in [5.74, 6) is -0.479. The van der Waals surface area contributed by atoms with Crippen molar-refractivity contribution in [3.8, 4) is 0 Å². The van der Waals surface area contributed by atoms with Crippen molar-refractivity contribution in [2.75, 3.05) is 5.32 Å². The Balaban J connectivity index is 2.19. The van der Waals surface area contributed by atoms with Crippen LogP contribution in [0.1, 0.15) is 5.56 Å². The third-order valence-corrected chi connectivity index (χ3v) is 3.44. The monoisotopic (exact) mass is 321 g/mol. The standard InChI is InChI=1S/C14H12ClN3O4/c1-9-11(15)3-2-4-12(9)16-13(19)8-17-7-10(18(21)22)5-6-14(17)20/h2-7H,8H2,1H3,(H,16,19). The van der Waals surface area contributed by atoms with Gasteiger partial charge in [-0.05, 0) is 24.6 Å². The first-order valence-electron chi connectivity index (χ1n) is 6.28. The number of halogens is 1. The molecule has 0 unspecified atom stereocenters. The van der Waals surface area contributed by atoms with Crippen LogP contribution in [0.2, 0.25) is 5.02 Å². The van der Waals surface area contributed by atoms with Crippen molar-refractivity contribution in [1.82, 2.24) is 4.57 Å². The van der Waals surface area contributed by atoms with Gasteiger partial charge in [-0.15, -0.1) is 0 Å². The Hall–Kier alpha value is -2.67. The summed E-state index contributed by atoms with van der Waals surface area (Å²) in [5, 5.41) is 13.8. The van der Waals surface area contributed by atoms with Crippen LogP contribution in [0, 0.1) is 17.0 Å². The van der Waals surface area contributed by atoms with Crippen LogP contribution in [-0.4, -0.2) is 15.4 Å². The van der Waals surface area contributed by atoms with Gasteiger partial charge in [-0.1, -0.05) is 17.7 Å². The van der Waals surface area contributed by atoms with Gasteiger partial charge in [0.15, 0.2) is 0 Å². The molecule has 0 bridgehead atoms. The quantitative estimate of drug-likeness (QED) is 0.690. The maximum absolute atomic E-state index is 12.0.